The summed E-state index contributed by atoms with van der Waals surface area (Å²) in [5.74, 6) is 0. The van der Waals surface area contributed by atoms with Crippen LogP contribution in [0.2, 0.25) is 0 Å². The monoisotopic (exact) mass is 287 g/mol. The van der Waals surface area contributed by atoms with Gasteiger partial charge in [-0.25, -0.2) is 8.42 Å². The first kappa shape index (κ1) is 13.7. The van der Waals surface area contributed by atoms with Crippen LogP contribution in [0.5, 0.6) is 0 Å². The van der Waals surface area contributed by atoms with E-state index in [2.05, 4.69) is 15.6 Å². The van der Waals surface area contributed by atoms with Crippen molar-refractivity contribution in [2.45, 2.75) is 23.1 Å². The van der Waals surface area contributed by atoms with Crippen LogP contribution >= 0.6 is 11.8 Å². The Morgan fingerprint density at radius 2 is 2.00 bits per heavy atom. The molecule has 100 valence electrons. The van der Waals surface area contributed by atoms with E-state index in [1.165, 1.54) is 0 Å². The highest BCUT2D eigenvalue weighted by molar-refractivity contribution is 7.98. The van der Waals surface area contributed by atoms with Gasteiger partial charge in [-0.3, -0.25) is 15.6 Å². The summed E-state index contributed by atoms with van der Waals surface area (Å²) in [6, 6.07) is 7.26. The zero-order valence-electron chi connectivity index (χ0n) is 10.3. The lowest BCUT2D eigenvalue weighted by molar-refractivity contribution is 0.565. The molecule has 2 rings (SSSR count). The summed E-state index contributed by atoms with van der Waals surface area (Å²) < 4.78 is 27.0. The van der Waals surface area contributed by atoms with Crippen molar-refractivity contribution in [3.05, 3.63) is 24.3 Å². The molecule has 2 atom stereocenters. The first-order valence-electron chi connectivity index (χ1n) is 5.67. The lowest BCUT2D eigenvalue weighted by atomic mass is 10.3. The molecule has 1 saturated heterocycles. The van der Waals surface area contributed by atoms with Gasteiger partial charge in [-0.1, -0.05) is 0 Å². The standard InChI is InChI=1S/C11H17N3O2S2/c1-8-11(7-12-13-8)18(15,16)14-9-3-5-10(17-2)6-4-9/h3-6,8,11-14H,7H2,1-2H3. The Bertz CT molecular complexity index is 502. The summed E-state index contributed by atoms with van der Waals surface area (Å²) in [5.41, 5.74) is 6.37. The van der Waals surface area contributed by atoms with E-state index in [9.17, 15) is 8.42 Å². The summed E-state index contributed by atoms with van der Waals surface area (Å²) >= 11 is 1.62. The number of hydrazine groups is 1. The summed E-state index contributed by atoms with van der Waals surface area (Å²) in [6.07, 6.45) is 1.98. The molecule has 0 bridgehead atoms. The lowest BCUT2D eigenvalue weighted by Gasteiger charge is -2.16. The molecule has 18 heavy (non-hydrogen) atoms. The van der Waals surface area contributed by atoms with E-state index in [-0.39, 0.29) is 6.04 Å². The van der Waals surface area contributed by atoms with Crippen molar-refractivity contribution in [2.24, 2.45) is 0 Å². The SMILES string of the molecule is CSc1ccc(NS(=O)(=O)C2CNNC2C)cc1. The van der Waals surface area contributed by atoms with Gasteiger partial charge in [0.25, 0.3) is 0 Å². The number of nitrogens with one attached hydrogen (secondary N) is 3. The zero-order valence-corrected chi connectivity index (χ0v) is 11.9. The third-order valence-electron chi connectivity index (χ3n) is 2.94. The van der Waals surface area contributed by atoms with Gasteiger partial charge in [0.05, 0.1) is 0 Å². The van der Waals surface area contributed by atoms with E-state index in [0.717, 1.165) is 4.90 Å². The first-order chi connectivity index (χ1) is 8.53. The lowest BCUT2D eigenvalue weighted by Crippen LogP contribution is -2.38. The van der Waals surface area contributed by atoms with Crippen molar-refractivity contribution >= 4 is 27.5 Å². The number of sulfonamides is 1. The number of rotatable bonds is 4. The number of benzene rings is 1. The summed E-state index contributed by atoms with van der Waals surface area (Å²) in [7, 11) is -3.36. The van der Waals surface area contributed by atoms with Crippen LogP contribution in [0.4, 0.5) is 5.69 Å². The topological polar surface area (TPSA) is 70.2 Å². The molecule has 0 radical (unpaired) electrons. The van der Waals surface area contributed by atoms with E-state index in [0.29, 0.717) is 12.2 Å². The van der Waals surface area contributed by atoms with Gasteiger partial charge in [0.15, 0.2) is 0 Å². The van der Waals surface area contributed by atoms with Crippen LogP contribution in [-0.2, 0) is 10.0 Å². The molecule has 1 aliphatic rings. The van der Waals surface area contributed by atoms with Gasteiger partial charge >= 0.3 is 0 Å². The molecule has 5 nitrogen and oxygen atoms in total. The van der Waals surface area contributed by atoms with Crippen molar-refractivity contribution in [1.29, 1.82) is 0 Å². The Balaban J connectivity index is 2.11. The van der Waals surface area contributed by atoms with Crippen LogP contribution in [0.1, 0.15) is 6.92 Å². The third-order valence-corrected chi connectivity index (χ3v) is 5.58. The maximum Gasteiger partial charge on any atom is 0.238 e. The van der Waals surface area contributed by atoms with Crippen LogP contribution in [0.15, 0.2) is 29.2 Å². The maximum atomic E-state index is 12.2. The fraction of sp³-hybridized carbons (Fsp3) is 0.455. The second-order valence-corrected chi connectivity index (χ2v) is 7.01. The van der Waals surface area contributed by atoms with Gasteiger partial charge in [-0.15, -0.1) is 11.8 Å². The fourth-order valence-electron chi connectivity index (χ4n) is 1.87. The average Bonchev–Trinajstić information content (AvgIpc) is 2.77. The maximum absolute atomic E-state index is 12.2. The highest BCUT2D eigenvalue weighted by Crippen LogP contribution is 2.20. The smallest absolute Gasteiger partial charge is 0.238 e. The van der Waals surface area contributed by atoms with Crippen molar-refractivity contribution in [3.8, 4) is 0 Å². The van der Waals surface area contributed by atoms with E-state index in [4.69, 9.17) is 0 Å². The van der Waals surface area contributed by atoms with Gasteiger partial charge in [-0.2, -0.15) is 0 Å². The van der Waals surface area contributed by atoms with E-state index < -0.39 is 15.3 Å². The second kappa shape index (κ2) is 5.48. The molecule has 1 aromatic carbocycles. The fourth-order valence-corrected chi connectivity index (χ4v) is 3.80. The van der Waals surface area contributed by atoms with Crippen LogP contribution < -0.4 is 15.6 Å². The Morgan fingerprint density at radius 3 is 2.50 bits per heavy atom. The molecule has 1 fully saturated rings. The van der Waals surface area contributed by atoms with Gasteiger partial charge in [0.2, 0.25) is 10.0 Å². The quantitative estimate of drug-likeness (QED) is 0.721. The zero-order chi connectivity index (χ0) is 13.2. The predicted octanol–water partition coefficient (Wildman–Crippen LogP) is 1.02. The molecular formula is C11H17N3O2S2. The predicted molar refractivity (Wildman–Crippen MR) is 75.2 cm³/mol. The first-order valence-corrected chi connectivity index (χ1v) is 8.44. The number of hydrogen-bond acceptors (Lipinski definition) is 5. The third kappa shape index (κ3) is 2.97. The average molecular weight is 287 g/mol. The largest absolute Gasteiger partial charge is 0.283 e. The van der Waals surface area contributed by atoms with Crippen molar-refractivity contribution < 1.29 is 8.42 Å². The van der Waals surface area contributed by atoms with Crippen molar-refractivity contribution in [3.63, 3.8) is 0 Å². The molecule has 1 aromatic rings. The normalized spacial score (nSPS) is 24.1. The van der Waals surface area contributed by atoms with Gasteiger partial charge < -0.3 is 0 Å². The Kier molecular flexibility index (Phi) is 4.16. The highest BCUT2D eigenvalue weighted by atomic mass is 32.2. The number of anilines is 1. The summed E-state index contributed by atoms with van der Waals surface area (Å²) in [6.45, 7) is 2.26. The van der Waals surface area contributed by atoms with Crippen LogP contribution in [0.25, 0.3) is 0 Å². The molecule has 0 aliphatic carbocycles. The summed E-state index contributed by atoms with van der Waals surface area (Å²) in [5, 5.41) is -0.460. The van der Waals surface area contributed by atoms with Gasteiger partial charge in [-0.05, 0) is 37.4 Å². The van der Waals surface area contributed by atoms with Crippen molar-refractivity contribution in [2.75, 3.05) is 17.5 Å². The molecular weight excluding hydrogens is 270 g/mol. The van der Waals surface area contributed by atoms with E-state index in [1.54, 1.807) is 23.9 Å². The Labute approximate surface area is 112 Å². The molecule has 2 unspecified atom stereocenters. The highest BCUT2D eigenvalue weighted by Gasteiger charge is 2.34. The molecule has 0 aromatic heterocycles. The number of thioether (sulfide) groups is 1. The van der Waals surface area contributed by atoms with Crippen LogP contribution in [0.3, 0.4) is 0 Å². The minimum atomic E-state index is -3.36. The minimum absolute atomic E-state index is 0.104. The molecule has 7 heteroatoms. The van der Waals surface area contributed by atoms with Gasteiger partial charge in [0.1, 0.15) is 5.25 Å². The Hall–Kier alpha value is -0.760. The van der Waals surface area contributed by atoms with E-state index in [1.807, 2.05) is 25.3 Å². The second-order valence-electron chi connectivity index (χ2n) is 4.23. The van der Waals surface area contributed by atoms with Crippen molar-refractivity contribution in [1.82, 2.24) is 10.9 Å². The summed E-state index contributed by atoms with van der Waals surface area (Å²) in [4.78, 5) is 1.11. The molecule has 0 saturated carbocycles. The minimum Gasteiger partial charge on any atom is -0.283 e. The molecule has 3 N–H and O–H groups in total. The number of hydrogen-bond donors (Lipinski definition) is 3. The van der Waals surface area contributed by atoms with Crippen LogP contribution in [-0.4, -0.2) is 32.5 Å². The molecule has 1 heterocycles. The molecule has 1 aliphatic heterocycles. The van der Waals surface area contributed by atoms with Gasteiger partial charge in [0, 0.05) is 23.2 Å². The molecule has 0 spiro atoms. The van der Waals surface area contributed by atoms with E-state index >= 15 is 0 Å². The van der Waals surface area contributed by atoms with Crippen LogP contribution in [0, 0.1) is 0 Å². The molecule has 0 amide bonds. The Morgan fingerprint density at radius 1 is 1.33 bits per heavy atom.